The molecule has 0 radical (unpaired) electrons. The molecule has 2 nitrogen and oxygen atoms in total. The fraction of sp³-hybridized carbons (Fsp3) is 0.286. The van der Waals surface area contributed by atoms with Crippen LogP contribution in [-0.2, 0) is 0 Å². The Kier molecular flexibility index (Phi) is 1.43. The maximum atomic E-state index is 4.20. The number of hydrogen-bond donors (Lipinski definition) is 1. The molecule has 52 valence electrons. The van der Waals surface area contributed by atoms with Crippen LogP contribution in [0, 0.1) is 0 Å². The smallest absolute Gasteiger partial charge is 0.0972 e. The predicted molar refractivity (Wildman–Crippen MR) is 45.3 cm³/mol. The topological polar surface area (TPSA) is 24.4 Å². The minimum Gasteiger partial charge on any atom is -0.375 e. The van der Waals surface area contributed by atoms with E-state index in [-0.39, 0.29) is 0 Å². The summed E-state index contributed by atoms with van der Waals surface area (Å²) in [4.78, 5) is 4.20. The second kappa shape index (κ2) is 2.42. The van der Waals surface area contributed by atoms with E-state index in [0.29, 0.717) is 0 Å². The van der Waals surface area contributed by atoms with Crippen LogP contribution in [0.5, 0.6) is 0 Å². The number of nitrogens with zero attached hydrogens (tertiary/aromatic N) is 1. The molecule has 1 aromatic heterocycles. The van der Waals surface area contributed by atoms with Gasteiger partial charge >= 0.3 is 0 Å². The zero-order valence-electron chi connectivity index (χ0n) is 5.50. The lowest BCUT2D eigenvalue weighted by molar-refractivity contribution is 1.04. The van der Waals surface area contributed by atoms with Gasteiger partial charge in [-0.25, -0.2) is 0 Å². The Bertz CT molecular complexity index is 252. The Balaban J connectivity index is 2.42. The van der Waals surface area contributed by atoms with Gasteiger partial charge in [0.1, 0.15) is 0 Å². The Morgan fingerprint density at radius 2 is 2.60 bits per heavy atom. The van der Waals surface area contributed by atoms with Crippen molar-refractivity contribution in [1.82, 2.24) is 0 Å². The normalized spacial score (nSPS) is 15.6. The maximum absolute atomic E-state index is 4.20. The second-order valence-corrected chi connectivity index (χ2v) is 3.08. The molecule has 10 heavy (non-hydrogen) atoms. The van der Waals surface area contributed by atoms with E-state index in [1.807, 2.05) is 6.21 Å². The van der Waals surface area contributed by atoms with Crippen LogP contribution in [0.25, 0.3) is 0 Å². The number of rotatable bonds is 0. The van der Waals surface area contributed by atoms with Crippen molar-refractivity contribution in [3.8, 4) is 0 Å². The third-order valence-electron chi connectivity index (χ3n) is 1.45. The van der Waals surface area contributed by atoms with Crippen molar-refractivity contribution in [3.63, 3.8) is 0 Å². The van der Waals surface area contributed by atoms with Crippen molar-refractivity contribution < 1.29 is 0 Å². The van der Waals surface area contributed by atoms with Gasteiger partial charge in [0.25, 0.3) is 0 Å². The highest BCUT2D eigenvalue weighted by Gasteiger charge is 2.02. The molecule has 0 aliphatic carbocycles. The standard InChI is InChI=1S/C7H8N2S/c1-4-10-7-6(1)5-8-2-3-9-7/h1,4-5,9H,2-3H2. The van der Waals surface area contributed by atoms with Gasteiger partial charge < -0.3 is 5.32 Å². The van der Waals surface area contributed by atoms with E-state index >= 15 is 0 Å². The van der Waals surface area contributed by atoms with Crippen molar-refractivity contribution in [2.45, 2.75) is 0 Å². The number of aliphatic imine (C=N–C) groups is 1. The summed E-state index contributed by atoms with van der Waals surface area (Å²) >= 11 is 1.74. The highest BCUT2D eigenvalue weighted by molar-refractivity contribution is 7.14. The van der Waals surface area contributed by atoms with Crippen LogP contribution in [0.15, 0.2) is 16.4 Å². The average Bonchev–Trinajstić information content (AvgIpc) is 2.28. The number of fused-ring (bicyclic) bond motifs is 1. The monoisotopic (exact) mass is 152 g/mol. The summed E-state index contributed by atoms with van der Waals surface area (Å²) in [6.07, 6.45) is 1.94. The van der Waals surface area contributed by atoms with Crippen molar-refractivity contribution in [3.05, 3.63) is 17.0 Å². The van der Waals surface area contributed by atoms with Crippen LogP contribution in [0.4, 0.5) is 5.00 Å². The van der Waals surface area contributed by atoms with Gasteiger partial charge in [0.15, 0.2) is 0 Å². The lowest BCUT2D eigenvalue weighted by Crippen LogP contribution is -2.01. The van der Waals surface area contributed by atoms with Gasteiger partial charge in [-0.15, -0.1) is 11.3 Å². The molecular formula is C7H8N2S. The number of hydrogen-bond acceptors (Lipinski definition) is 3. The third kappa shape index (κ3) is 0.926. The molecule has 0 atom stereocenters. The van der Waals surface area contributed by atoms with Gasteiger partial charge in [-0.05, 0) is 11.4 Å². The Morgan fingerprint density at radius 3 is 3.60 bits per heavy atom. The van der Waals surface area contributed by atoms with Crippen LogP contribution >= 0.6 is 11.3 Å². The first-order valence-corrected chi connectivity index (χ1v) is 4.16. The minimum atomic E-state index is 0.890. The second-order valence-electron chi connectivity index (χ2n) is 2.17. The molecule has 2 rings (SSSR count). The minimum absolute atomic E-state index is 0.890. The highest BCUT2D eigenvalue weighted by atomic mass is 32.1. The molecule has 1 aromatic rings. The van der Waals surface area contributed by atoms with Crippen LogP contribution in [0.3, 0.4) is 0 Å². The molecule has 2 heterocycles. The average molecular weight is 152 g/mol. The Labute approximate surface area is 63.6 Å². The van der Waals surface area contributed by atoms with Crippen molar-refractivity contribution >= 4 is 22.6 Å². The Hall–Kier alpha value is -0.830. The molecule has 0 unspecified atom stereocenters. The van der Waals surface area contributed by atoms with E-state index in [4.69, 9.17) is 0 Å². The fourth-order valence-electron chi connectivity index (χ4n) is 0.961. The zero-order valence-corrected chi connectivity index (χ0v) is 6.32. The zero-order chi connectivity index (χ0) is 6.81. The molecule has 0 spiro atoms. The van der Waals surface area contributed by atoms with Crippen molar-refractivity contribution in [1.29, 1.82) is 0 Å². The van der Waals surface area contributed by atoms with Crippen molar-refractivity contribution in [2.75, 3.05) is 18.4 Å². The van der Waals surface area contributed by atoms with E-state index in [0.717, 1.165) is 13.1 Å². The van der Waals surface area contributed by atoms with E-state index in [1.54, 1.807) is 11.3 Å². The summed E-state index contributed by atoms with van der Waals surface area (Å²) in [5.41, 5.74) is 1.22. The van der Waals surface area contributed by atoms with Gasteiger partial charge in [-0.2, -0.15) is 0 Å². The molecule has 3 heteroatoms. The quantitative estimate of drug-likeness (QED) is 0.600. The van der Waals surface area contributed by atoms with Gasteiger partial charge in [-0.1, -0.05) is 0 Å². The molecule has 0 saturated heterocycles. The van der Waals surface area contributed by atoms with Gasteiger partial charge in [0.05, 0.1) is 11.5 Å². The van der Waals surface area contributed by atoms with E-state index in [2.05, 4.69) is 21.8 Å². The lowest BCUT2D eigenvalue weighted by Gasteiger charge is -1.96. The molecule has 0 saturated carbocycles. The van der Waals surface area contributed by atoms with Gasteiger partial charge in [0, 0.05) is 18.3 Å². The lowest BCUT2D eigenvalue weighted by atomic mass is 10.3. The van der Waals surface area contributed by atoms with Crippen molar-refractivity contribution in [2.24, 2.45) is 4.99 Å². The van der Waals surface area contributed by atoms with Crippen LogP contribution < -0.4 is 5.32 Å². The van der Waals surface area contributed by atoms with Gasteiger partial charge in [-0.3, -0.25) is 4.99 Å². The third-order valence-corrected chi connectivity index (χ3v) is 2.34. The largest absolute Gasteiger partial charge is 0.375 e. The summed E-state index contributed by atoms with van der Waals surface area (Å²) in [6, 6.07) is 2.09. The molecule has 0 amide bonds. The molecule has 0 fully saturated rings. The van der Waals surface area contributed by atoms with E-state index in [1.165, 1.54) is 10.6 Å². The summed E-state index contributed by atoms with van der Waals surface area (Å²) in [6.45, 7) is 1.85. The summed E-state index contributed by atoms with van der Waals surface area (Å²) in [5, 5.41) is 6.63. The van der Waals surface area contributed by atoms with E-state index < -0.39 is 0 Å². The molecule has 0 aromatic carbocycles. The Morgan fingerprint density at radius 1 is 1.60 bits per heavy atom. The first-order chi connectivity index (χ1) is 4.97. The first-order valence-electron chi connectivity index (χ1n) is 3.28. The highest BCUT2D eigenvalue weighted by Crippen LogP contribution is 2.21. The number of thiophene rings is 1. The van der Waals surface area contributed by atoms with Crippen LogP contribution in [-0.4, -0.2) is 19.3 Å². The fourth-order valence-corrected chi connectivity index (χ4v) is 1.75. The van der Waals surface area contributed by atoms with Crippen LogP contribution in [0.1, 0.15) is 5.56 Å². The molecule has 1 aliphatic heterocycles. The number of anilines is 1. The molecule has 1 aliphatic rings. The first kappa shape index (κ1) is 5.92. The molecule has 1 N–H and O–H groups in total. The van der Waals surface area contributed by atoms with Crippen LogP contribution in [0.2, 0.25) is 0 Å². The summed E-state index contributed by atoms with van der Waals surface area (Å²) < 4.78 is 0. The maximum Gasteiger partial charge on any atom is 0.0972 e. The predicted octanol–water partition coefficient (Wildman–Crippen LogP) is 1.59. The molecular weight excluding hydrogens is 144 g/mol. The van der Waals surface area contributed by atoms with E-state index in [9.17, 15) is 0 Å². The van der Waals surface area contributed by atoms with Gasteiger partial charge in [0.2, 0.25) is 0 Å². The summed E-state index contributed by atoms with van der Waals surface area (Å²) in [5.74, 6) is 0. The number of nitrogens with one attached hydrogen (secondary N) is 1. The molecule has 0 bridgehead atoms. The summed E-state index contributed by atoms with van der Waals surface area (Å²) in [7, 11) is 0. The SMILES string of the molecule is C1=NCCNc2sccc21.